The lowest BCUT2D eigenvalue weighted by atomic mass is 9.98. The van der Waals surface area contributed by atoms with E-state index in [0.29, 0.717) is 6.61 Å². The second-order valence-corrected chi connectivity index (χ2v) is 5.46. The molecule has 0 heterocycles. The van der Waals surface area contributed by atoms with Gasteiger partial charge in [-0.2, -0.15) is 0 Å². The van der Waals surface area contributed by atoms with Crippen molar-refractivity contribution in [2.75, 3.05) is 6.61 Å². The standard InChI is InChI=1S/C21H24O4/c1-4-19(22)24-16(3)25-21(18-14-10-7-11-15-18)20(23-5-2)17-12-8-6-9-13-17/h4,6-16,20-21H,1,5H2,2-3H3. The van der Waals surface area contributed by atoms with E-state index in [0.717, 1.165) is 17.2 Å². The number of hydrogen-bond acceptors (Lipinski definition) is 4. The van der Waals surface area contributed by atoms with Crippen LogP contribution in [0.5, 0.6) is 0 Å². The van der Waals surface area contributed by atoms with E-state index >= 15 is 0 Å². The monoisotopic (exact) mass is 340 g/mol. The first-order chi connectivity index (χ1) is 12.2. The van der Waals surface area contributed by atoms with Crippen LogP contribution in [0.2, 0.25) is 0 Å². The number of benzene rings is 2. The molecule has 0 fully saturated rings. The third-order valence-corrected chi connectivity index (χ3v) is 3.66. The van der Waals surface area contributed by atoms with Crippen LogP contribution in [0, 0.1) is 0 Å². The van der Waals surface area contributed by atoms with E-state index in [9.17, 15) is 4.79 Å². The molecular weight excluding hydrogens is 316 g/mol. The predicted molar refractivity (Wildman–Crippen MR) is 96.8 cm³/mol. The number of esters is 1. The second kappa shape index (κ2) is 9.77. The lowest BCUT2D eigenvalue weighted by Crippen LogP contribution is -2.25. The summed E-state index contributed by atoms with van der Waals surface area (Å²) in [4.78, 5) is 11.5. The fraction of sp³-hybridized carbons (Fsp3) is 0.286. The van der Waals surface area contributed by atoms with E-state index in [1.54, 1.807) is 6.92 Å². The second-order valence-electron chi connectivity index (χ2n) is 5.46. The molecule has 4 nitrogen and oxygen atoms in total. The fourth-order valence-corrected chi connectivity index (χ4v) is 2.59. The van der Waals surface area contributed by atoms with E-state index in [1.165, 1.54) is 0 Å². The summed E-state index contributed by atoms with van der Waals surface area (Å²) in [7, 11) is 0. The number of carbonyl (C=O) groups is 1. The lowest BCUT2D eigenvalue weighted by molar-refractivity contribution is -0.197. The summed E-state index contributed by atoms with van der Waals surface area (Å²) in [5, 5.41) is 0. The Kier molecular flexibility index (Phi) is 7.38. The van der Waals surface area contributed by atoms with Gasteiger partial charge in [-0.15, -0.1) is 0 Å². The highest BCUT2D eigenvalue weighted by atomic mass is 16.7. The molecule has 0 bridgehead atoms. The summed E-state index contributed by atoms with van der Waals surface area (Å²) < 4.78 is 17.2. The molecule has 0 N–H and O–H groups in total. The van der Waals surface area contributed by atoms with Gasteiger partial charge in [0.25, 0.3) is 0 Å². The van der Waals surface area contributed by atoms with Crippen LogP contribution in [0.25, 0.3) is 0 Å². The smallest absolute Gasteiger partial charge is 0.332 e. The minimum Gasteiger partial charge on any atom is -0.433 e. The molecule has 2 aromatic carbocycles. The van der Waals surface area contributed by atoms with Gasteiger partial charge in [-0.25, -0.2) is 4.79 Å². The van der Waals surface area contributed by atoms with Crippen molar-refractivity contribution in [1.82, 2.24) is 0 Å². The van der Waals surface area contributed by atoms with Gasteiger partial charge in [0.05, 0.1) is 0 Å². The maximum Gasteiger partial charge on any atom is 0.332 e. The zero-order valence-corrected chi connectivity index (χ0v) is 14.6. The Labute approximate surface area is 149 Å². The summed E-state index contributed by atoms with van der Waals surface area (Å²) in [6.45, 7) is 7.57. The highest BCUT2D eigenvalue weighted by Crippen LogP contribution is 2.36. The highest BCUT2D eigenvalue weighted by molar-refractivity contribution is 5.81. The van der Waals surface area contributed by atoms with Gasteiger partial charge in [-0.1, -0.05) is 67.2 Å². The highest BCUT2D eigenvalue weighted by Gasteiger charge is 2.28. The third kappa shape index (κ3) is 5.55. The van der Waals surface area contributed by atoms with Crippen LogP contribution >= 0.6 is 0 Å². The Morgan fingerprint density at radius 2 is 1.52 bits per heavy atom. The molecule has 3 unspecified atom stereocenters. The van der Waals surface area contributed by atoms with Crippen molar-refractivity contribution in [3.63, 3.8) is 0 Å². The maximum atomic E-state index is 11.5. The van der Waals surface area contributed by atoms with Gasteiger partial charge < -0.3 is 14.2 Å². The molecule has 0 aliphatic carbocycles. The Morgan fingerprint density at radius 3 is 2.00 bits per heavy atom. The SMILES string of the molecule is C=CC(=O)OC(C)OC(c1ccccc1)C(OCC)c1ccccc1. The molecule has 2 aromatic rings. The third-order valence-electron chi connectivity index (χ3n) is 3.66. The molecule has 4 heteroatoms. The number of carbonyl (C=O) groups excluding carboxylic acids is 1. The zero-order chi connectivity index (χ0) is 18.1. The molecule has 25 heavy (non-hydrogen) atoms. The summed E-state index contributed by atoms with van der Waals surface area (Å²) in [6, 6.07) is 19.7. The van der Waals surface area contributed by atoms with Crippen molar-refractivity contribution in [3.8, 4) is 0 Å². The molecule has 0 aromatic heterocycles. The summed E-state index contributed by atoms with van der Waals surface area (Å²) in [5.74, 6) is -0.521. The van der Waals surface area contributed by atoms with Crippen molar-refractivity contribution in [1.29, 1.82) is 0 Å². The largest absolute Gasteiger partial charge is 0.433 e. The first-order valence-electron chi connectivity index (χ1n) is 8.35. The molecule has 0 amide bonds. The summed E-state index contributed by atoms with van der Waals surface area (Å²) in [5.41, 5.74) is 1.95. The molecule has 0 saturated carbocycles. The minimum atomic E-state index is -0.734. The van der Waals surface area contributed by atoms with Gasteiger partial charge in [-0.05, 0) is 25.0 Å². The average molecular weight is 340 g/mol. The zero-order valence-electron chi connectivity index (χ0n) is 14.6. The molecule has 3 atom stereocenters. The molecular formula is C21H24O4. The van der Waals surface area contributed by atoms with Crippen molar-refractivity contribution in [2.24, 2.45) is 0 Å². The van der Waals surface area contributed by atoms with Crippen molar-refractivity contribution in [2.45, 2.75) is 32.3 Å². The van der Waals surface area contributed by atoms with Gasteiger partial charge in [0, 0.05) is 12.7 Å². The van der Waals surface area contributed by atoms with E-state index in [-0.39, 0.29) is 6.10 Å². The van der Waals surface area contributed by atoms with Crippen LogP contribution in [0.3, 0.4) is 0 Å². The van der Waals surface area contributed by atoms with E-state index in [1.807, 2.05) is 67.6 Å². The van der Waals surface area contributed by atoms with Crippen LogP contribution in [-0.4, -0.2) is 18.9 Å². The summed E-state index contributed by atoms with van der Waals surface area (Å²) in [6.07, 6.45) is -0.355. The van der Waals surface area contributed by atoms with Gasteiger partial charge >= 0.3 is 5.97 Å². The Hall–Kier alpha value is -2.43. The average Bonchev–Trinajstić information content (AvgIpc) is 2.66. The molecule has 0 aliphatic heterocycles. The molecule has 0 radical (unpaired) electrons. The van der Waals surface area contributed by atoms with Crippen LogP contribution in [-0.2, 0) is 19.0 Å². The predicted octanol–water partition coefficient (Wildman–Crippen LogP) is 4.60. The van der Waals surface area contributed by atoms with Crippen LogP contribution in [0.4, 0.5) is 0 Å². The fourth-order valence-electron chi connectivity index (χ4n) is 2.59. The Morgan fingerprint density at radius 1 is 1.00 bits per heavy atom. The first-order valence-corrected chi connectivity index (χ1v) is 8.35. The van der Waals surface area contributed by atoms with Crippen LogP contribution in [0.15, 0.2) is 73.3 Å². The van der Waals surface area contributed by atoms with Crippen LogP contribution in [0.1, 0.15) is 37.2 Å². The number of ether oxygens (including phenoxy) is 3. The van der Waals surface area contributed by atoms with Gasteiger partial charge in [-0.3, -0.25) is 0 Å². The first kappa shape index (κ1) is 18.9. The molecule has 0 spiro atoms. The van der Waals surface area contributed by atoms with Gasteiger partial charge in [0.15, 0.2) is 0 Å². The maximum absolute atomic E-state index is 11.5. The molecule has 0 saturated heterocycles. The molecule has 0 aliphatic rings. The van der Waals surface area contributed by atoms with E-state index < -0.39 is 18.4 Å². The molecule has 132 valence electrons. The van der Waals surface area contributed by atoms with Gasteiger partial charge in [0.2, 0.25) is 6.29 Å². The van der Waals surface area contributed by atoms with Crippen molar-refractivity contribution >= 4 is 5.97 Å². The van der Waals surface area contributed by atoms with E-state index in [4.69, 9.17) is 14.2 Å². The normalized spacial score (nSPS) is 14.3. The lowest BCUT2D eigenvalue weighted by Gasteiger charge is -2.30. The van der Waals surface area contributed by atoms with Gasteiger partial charge in [0.1, 0.15) is 12.2 Å². The number of hydrogen-bond donors (Lipinski definition) is 0. The molecule has 2 rings (SSSR count). The summed E-state index contributed by atoms with van der Waals surface area (Å²) >= 11 is 0. The van der Waals surface area contributed by atoms with Crippen LogP contribution < -0.4 is 0 Å². The number of rotatable bonds is 9. The minimum absolute atomic E-state index is 0.321. The van der Waals surface area contributed by atoms with Crippen molar-refractivity contribution < 1.29 is 19.0 Å². The topological polar surface area (TPSA) is 44.8 Å². The quantitative estimate of drug-likeness (QED) is 0.380. The van der Waals surface area contributed by atoms with Crippen molar-refractivity contribution in [3.05, 3.63) is 84.4 Å². The van der Waals surface area contributed by atoms with E-state index in [2.05, 4.69) is 6.58 Å². The Bertz CT molecular complexity index is 654. The Balaban J connectivity index is 2.31.